The zero-order valence-corrected chi connectivity index (χ0v) is 19.3. The third-order valence-electron chi connectivity index (χ3n) is 5.98. The van der Waals surface area contributed by atoms with Crippen molar-refractivity contribution < 1.29 is 52.6 Å². The maximum Gasteiger partial charge on any atom is 0.231 e. The van der Waals surface area contributed by atoms with E-state index < -0.39 is 0 Å². The molecule has 6 nitrogen and oxygen atoms in total. The average Bonchev–Trinajstić information content (AvgIpc) is 3.12. The Hall–Kier alpha value is -2.00. The molecule has 0 bridgehead atoms. The van der Waals surface area contributed by atoms with Gasteiger partial charge in [-0.2, -0.15) is 0 Å². The van der Waals surface area contributed by atoms with Crippen LogP contribution in [0.1, 0.15) is 39.5 Å². The number of carbonyl (C=O) groups is 1. The molecule has 1 unspecified atom stereocenters. The minimum atomic E-state index is -0.0604. The van der Waals surface area contributed by atoms with Crippen molar-refractivity contribution in [3.05, 3.63) is 46.5 Å². The van der Waals surface area contributed by atoms with E-state index in [0.717, 1.165) is 24.1 Å². The molecule has 1 atom stereocenters. The quantitative estimate of drug-likeness (QED) is 0.366. The number of fused-ring (bicyclic) bond motifs is 2. The Balaban J connectivity index is 0.00000240. The van der Waals surface area contributed by atoms with Gasteiger partial charge in [-0.25, -0.2) is 0 Å². The second kappa shape index (κ2) is 8.02. The second-order valence-corrected chi connectivity index (χ2v) is 8.11. The van der Waals surface area contributed by atoms with E-state index in [1.54, 1.807) is 32.2 Å². The number of halogens is 1. The highest BCUT2D eigenvalue weighted by Gasteiger charge is 2.42. The summed E-state index contributed by atoms with van der Waals surface area (Å²) in [7, 11) is 5.92. The first-order chi connectivity index (χ1) is 13.3. The molecule has 0 aromatic heterocycles. The van der Waals surface area contributed by atoms with Crippen LogP contribution in [0, 0.1) is 6.92 Å². The number of phenols is 1. The van der Waals surface area contributed by atoms with Gasteiger partial charge in [-0.15, -0.1) is 0 Å². The van der Waals surface area contributed by atoms with Gasteiger partial charge in [-0.3, -0.25) is 4.79 Å². The topological polar surface area (TPSA) is 65.0 Å². The van der Waals surface area contributed by atoms with E-state index >= 15 is 0 Å². The molecule has 0 fully saturated rings. The fourth-order valence-electron chi connectivity index (χ4n) is 4.24. The number of quaternary nitrogens is 1. The van der Waals surface area contributed by atoms with Gasteiger partial charge < -0.3 is 47.8 Å². The van der Waals surface area contributed by atoms with Crippen molar-refractivity contribution in [2.24, 2.45) is 0 Å². The highest BCUT2D eigenvalue weighted by Crippen LogP contribution is 2.51. The van der Waals surface area contributed by atoms with E-state index in [9.17, 15) is 9.90 Å². The van der Waals surface area contributed by atoms with Crippen LogP contribution in [0.25, 0.3) is 0 Å². The maximum atomic E-state index is 13.1. The number of aryl methyl sites for hydroxylation is 1. The molecule has 29 heavy (non-hydrogen) atoms. The number of hydrogen-bond donors (Lipinski definition) is 1. The number of aromatic hydroxyl groups is 1. The van der Waals surface area contributed by atoms with Gasteiger partial charge >= 0.3 is 0 Å². The molecule has 2 heterocycles. The number of carbonyl (C=O) groups excluding carboxylic acids is 1. The molecule has 0 saturated carbocycles. The van der Waals surface area contributed by atoms with Crippen molar-refractivity contribution in [3.8, 4) is 23.0 Å². The Morgan fingerprint density at radius 3 is 2.72 bits per heavy atom. The molecule has 2 aromatic carbocycles. The van der Waals surface area contributed by atoms with Crippen LogP contribution >= 0.6 is 0 Å². The summed E-state index contributed by atoms with van der Waals surface area (Å²) < 4.78 is 17.7. The summed E-state index contributed by atoms with van der Waals surface area (Å²) in [5.74, 6) is 2.26. The predicted octanol–water partition coefficient (Wildman–Crippen LogP) is 0.389. The number of phenolic OH excluding ortho intramolecular Hbond substituents is 1. The normalized spacial score (nSPS) is 18.6. The van der Waals surface area contributed by atoms with Crippen LogP contribution in [-0.4, -0.2) is 49.9 Å². The highest BCUT2D eigenvalue weighted by molar-refractivity contribution is 5.97. The van der Waals surface area contributed by atoms with Crippen LogP contribution in [0.5, 0.6) is 23.0 Å². The van der Waals surface area contributed by atoms with E-state index in [4.69, 9.17) is 14.2 Å². The van der Waals surface area contributed by atoms with E-state index in [0.29, 0.717) is 39.3 Å². The Morgan fingerprint density at radius 2 is 2.03 bits per heavy atom. The number of ether oxygens (including phenoxy) is 3. The first-order valence-electron chi connectivity index (χ1n) is 9.46. The zero-order chi connectivity index (χ0) is 20.1. The van der Waals surface area contributed by atoms with Crippen molar-refractivity contribution in [2.75, 3.05) is 34.5 Å². The molecular formula is C22H26INO5. The summed E-state index contributed by atoms with van der Waals surface area (Å²) in [6, 6.07) is 6.98. The summed E-state index contributed by atoms with van der Waals surface area (Å²) >= 11 is 0. The molecule has 4 rings (SSSR count). The standard InChI is InChI=1S/C22H25NO5.HI/c1-13-9-14(5-6-17(13)24)18(25)11-16-20-15(7-8-23(16,2)3)10-19-21(22(20)26-4)28-12-27-19;/h5-6,9-10,16H,7-8,11-12H2,1-4H3;1H. The molecule has 1 N–H and O–H groups in total. The van der Waals surface area contributed by atoms with Crippen LogP contribution in [0.4, 0.5) is 0 Å². The van der Waals surface area contributed by atoms with Crippen LogP contribution in [0.3, 0.4) is 0 Å². The number of nitrogens with zero attached hydrogens (tertiary/aromatic N) is 1. The predicted molar refractivity (Wildman–Crippen MR) is 104 cm³/mol. The van der Waals surface area contributed by atoms with Gasteiger partial charge in [0.2, 0.25) is 12.5 Å². The molecule has 0 saturated heterocycles. The lowest BCUT2D eigenvalue weighted by molar-refractivity contribution is -0.922. The van der Waals surface area contributed by atoms with E-state index in [1.807, 2.05) is 6.07 Å². The van der Waals surface area contributed by atoms with Crippen molar-refractivity contribution in [2.45, 2.75) is 25.8 Å². The number of rotatable bonds is 4. The van der Waals surface area contributed by atoms with Crippen molar-refractivity contribution in [1.82, 2.24) is 0 Å². The monoisotopic (exact) mass is 511 g/mol. The van der Waals surface area contributed by atoms with Gasteiger partial charge in [0.1, 0.15) is 11.8 Å². The molecule has 0 spiro atoms. The lowest BCUT2D eigenvalue weighted by Crippen LogP contribution is -3.00. The molecule has 0 amide bonds. The molecular weight excluding hydrogens is 485 g/mol. The average molecular weight is 511 g/mol. The number of methoxy groups -OCH3 is 1. The van der Waals surface area contributed by atoms with Crippen LogP contribution in [-0.2, 0) is 6.42 Å². The number of benzene rings is 2. The largest absolute Gasteiger partial charge is 1.00 e. The van der Waals surface area contributed by atoms with Gasteiger partial charge in [-0.1, -0.05) is 0 Å². The second-order valence-electron chi connectivity index (χ2n) is 8.11. The minimum Gasteiger partial charge on any atom is -1.00 e. The molecule has 2 aliphatic heterocycles. The Kier molecular flexibility index (Phi) is 6.01. The smallest absolute Gasteiger partial charge is 0.231 e. The first kappa shape index (κ1) is 21.7. The Bertz CT molecular complexity index is 957. The molecule has 0 aliphatic carbocycles. The van der Waals surface area contributed by atoms with E-state index in [1.165, 1.54) is 0 Å². The summed E-state index contributed by atoms with van der Waals surface area (Å²) in [6.45, 7) is 2.90. The van der Waals surface area contributed by atoms with Crippen LogP contribution < -0.4 is 38.2 Å². The SMILES string of the molecule is COc1c2c(cc3c1C(CC(=O)c1ccc(O)c(C)c1)[N+](C)(C)CC3)OCO2.[I-]. The van der Waals surface area contributed by atoms with E-state index in [-0.39, 0.29) is 48.3 Å². The van der Waals surface area contributed by atoms with Gasteiger partial charge in [-0.05, 0) is 42.3 Å². The lowest BCUT2D eigenvalue weighted by Gasteiger charge is -2.43. The fraction of sp³-hybridized carbons (Fsp3) is 0.409. The van der Waals surface area contributed by atoms with Crippen molar-refractivity contribution in [3.63, 3.8) is 0 Å². The maximum absolute atomic E-state index is 13.1. The van der Waals surface area contributed by atoms with Gasteiger partial charge in [0.15, 0.2) is 17.3 Å². The number of ketones is 1. The van der Waals surface area contributed by atoms with Crippen molar-refractivity contribution in [1.29, 1.82) is 0 Å². The molecule has 2 aromatic rings. The van der Waals surface area contributed by atoms with Crippen LogP contribution in [0.15, 0.2) is 24.3 Å². The summed E-state index contributed by atoms with van der Waals surface area (Å²) in [5, 5.41) is 9.76. The highest BCUT2D eigenvalue weighted by atomic mass is 127. The molecule has 7 heteroatoms. The summed E-state index contributed by atoms with van der Waals surface area (Å²) in [5.41, 5.74) is 3.50. The third kappa shape index (κ3) is 3.77. The molecule has 0 radical (unpaired) electrons. The number of likely N-dealkylation sites (N-methyl/N-ethyl adjacent to an activating group) is 1. The first-order valence-corrected chi connectivity index (χ1v) is 9.46. The number of hydrogen-bond acceptors (Lipinski definition) is 5. The van der Waals surface area contributed by atoms with Crippen molar-refractivity contribution >= 4 is 5.78 Å². The Morgan fingerprint density at radius 1 is 1.28 bits per heavy atom. The zero-order valence-electron chi connectivity index (χ0n) is 17.1. The lowest BCUT2D eigenvalue weighted by atomic mass is 9.85. The van der Waals surface area contributed by atoms with Crippen LogP contribution in [0.2, 0.25) is 0 Å². The molecule has 156 valence electrons. The summed E-state index contributed by atoms with van der Waals surface area (Å²) in [4.78, 5) is 13.1. The van der Waals surface area contributed by atoms with Gasteiger partial charge in [0.05, 0.1) is 39.7 Å². The van der Waals surface area contributed by atoms with Gasteiger partial charge in [0.25, 0.3) is 0 Å². The fourth-order valence-corrected chi connectivity index (χ4v) is 4.24. The molecule has 2 aliphatic rings. The van der Waals surface area contributed by atoms with E-state index in [2.05, 4.69) is 14.1 Å². The number of Topliss-reactive ketones (excluding diaryl/α,β-unsaturated/α-hetero) is 1. The minimum absolute atomic E-state index is 0. The third-order valence-corrected chi connectivity index (χ3v) is 5.98. The van der Waals surface area contributed by atoms with Gasteiger partial charge in [0, 0.05) is 12.0 Å². The Labute approximate surface area is 188 Å². The summed E-state index contributed by atoms with van der Waals surface area (Å²) in [6.07, 6.45) is 1.23.